The first kappa shape index (κ1) is 21.0. The fourth-order valence-corrected chi connectivity index (χ4v) is 6.22. The predicted octanol–water partition coefficient (Wildman–Crippen LogP) is 3.78. The summed E-state index contributed by atoms with van der Waals surface area (Å²) >= 11 is 4.76. The highest BCUT2D eigenvalue weighted by atomic mass is 79.9. The van der Waals surface area contributed by atoms with E-state index in [4.69, 9.17) is 9.47 Å². The number of ether oxygens (including phenoxy) is 2. The van der Waals surface area contributed by atoms with Gasteiger partial charge in [0.25, 0.3) is 0 Å². The molecule has 2 unspecified atom stereocenters. The van der Waals surface area contributed by atoms with E-state index in [0.29, 0.717) is 5.13 Å². The highest BCUT2D eigenvalue weighted by Gasteiger charge is 2.49. The number of halogens is 1. The van der Waals surface area contributed by atoms with Gasteiger partial charge >= 0.3 is 0 Å². The lowest BCUT2D eigenvalue weighted by molar-refractivity contribution is -0.259. The number of nitrogens with one attached hydrogen (secondary N) is 1. The van der Waals surface area contributed by atoms with E-state index in [9.17, 15) is 10.2 Å². The summed E-state index contributed by atoms with van der Waals surface area (Å²) in [5.41, 5.74) is 0. The van der Waals surface area contributed by atoms with Gasteiger partial charge in [-0.1, -0.05) is 38.5 Å². The number of methoxy groups -OCH3 is 1. The Morgan fingerprint density at radius 2 is 2.00 bits per heavy atom. The quantitative estimate of drug-likeness (QED) is 0.557. The lowest BCUT2D eigenvalue weighted by Crippen LogP contribution is -2.62. The Morgan fingerprint density at radius 1 is 1.21 bits per heavy atom. The fourth-order valence-electron chi connectivity index (χ4n) is 5.02. The first-order valence-electron chi connectivity index (χ1n) is 10.5. The Balaban J connectivity index is 1.35. The number of thiazole rings is 1. The Labute approximate surface area is 179 Å². The van der Waals surface area contributed by atoms with Crippen molar-refractivity contribution in [3.05, 3.63) is 9.98 Å². The van der Waals surface area contributed by atoms with Crippen molar-refractivity contribution in [1.82, 2.24) is 4.98 Å². The molecule has 2 aliphatic carbocycles. The van der Waals surface area contributed by atoms with Gasteiger partial charge in [-0.25, -0.2) is 4.98 Å². The van der Waals surface area contributed by atoms with Crippen LogP contribution in [0.25, 0.3) is 0 Å². The molecule has 0 bridgehead atoms. The average Bonchev–Trinajstić information content (AvgIpc) is 3.27. The Bertz CT molecular complexity index is 641. The van der Waals surface area contributed by atoms with Gasteiger partial charge in [-0.15, -0.1) is 11.3 Å². The predicted molar refractivity (Wildman–Crippen MR) is 112 cm³/mol. The van der Waals surface area contributed by atoms with E-state index < -0.39 is 24.5 Å². The lowest BCUT2D eigenvalue weighted by atomic mass is 9.80. The molecule has 3 N–H and O–H groups in total. The maximum atomic E-state index is 10.8. The second kappa shape index (κ2) is 9.27. The van der Waals surface area contributed by atoms with E-state index >= 15 is 0 Å². The van der Waals surface area contributed by atoms with Crippen LogP contribution in [-0.2, 0) is 9.47 Å². The van der Waals surface area contributed by atoms with Crippen LogP contribution in [0.1, 0.15) is 51.4 Å². The van der Waals surface area contributed by atoms with Crippen LogP contribution in [0, 0.1) is 17.8 Å². The molecule has 8 heteroatoms. The maximum absolute atomic E-state index is 10.8. The number of rotatable bonds is 7. The van der Waals surface area contributed by atoms with Crippen LogP contribution < -0.4 is 5.32 Å². The molecule has 2 saturated carbocycles. The highest BCUT2D eigenvalue weighted by Crippen LogP contribution is 2.42. The molecule has 1 aliphatic heterocycles. The summed E-state index contributed by atoms with van der Waals surface area (Å²) in [7, 11) is 1.58. The molecule has 28 heavy (non-hydrogen) atoms. The van der Waals surface area contributed by atoms with Crippen molar-refractivity contribution in [2.75, 3.05) is 12.4 Å². The van der Waals surface area contributed by atoms with E-state index in [1.54, 1.807) is 7.11 Å². The van der Waals surface area contributed by atoms with Gasteiger partial charge in [0.2, 0.25) is 0 Å². The van der Waals surface area contributed by atoms with Gasteiger partial charge < -0.3 is 25.0 Å². The van der Waals surface area contributed by atoms with Gasteiger partial charge in [-0.3, -0.25) is 0 Å². The summed E-state index contributed by atoms with van der Waals surface area (Å²) in [6.45, 7) is 0. The molecule has 4 rings (SSSR count). The smallest absolute Gasteiger partial charge is 0.184 e. The Kier molecular flexibility index (Phi) is 6.95. The third-order valence-electron chi connectivity index (χ3n) is 6.89. The zero-order valence-electron chi connectivity index (χ0n) is 16.3. The Hall–Kier alpha value is -0.250. The van der Waals surface area contributed by atoms with E-state index in [2.05, 4.69) is 26.2 Å². The van der Waals surface area contributed by atoms with Crippen LogP contribution in [0.5, 0.6) is 0 Å². The van der Waals surface area contributed by atoms with Crippen molar-refractivity contribution in [3.63, 3.8) is 0 Å². The molecule has 1 aromatic heterocycles. The molecule has 3 aliphatic rings. The molecule has 0 aromatic carbocycles. The van der Waals surface area contributed by atoms with Gasteiger partial charge in [0.05, 0.1) is 6.10 Å². The molecule has 7 atom stereocenters. The molecular weight excluding hydrogens is 444 g/mol. The van der Waals surface area contributed by atoms with Crippen LogP contribution in [-0.4, -0.2) is 53.0 Å². The molecule has 158 valence electrons. The van der Waals surface area contributed by atoms with Crippen LogP contribution in [0.2, 0.25) is 0 Å². The zero-order valence-corrected chi connectivity index (χ0v) is 18.7. The normalized spacial score (nSPS) is 39.1. The molecule has 3 fully saturated rings. The summed E-state index contributed by atoms with van der Waals surface area (Å²) in [5.74, 6) is 1.96. The van der Waals surface area contributed by atoms with Crippen molar-refractivity contribution in [1.29, 1.82) is 0 Å². The number of hydrogen-bond acceptors (Lipinski definition) is 7. The van der Waals surface area contributed by atoms with Crippen LogP contribution in [0.4, 0.5) is 5.13 Å². The summed E-state index contributed by atoms with van der Waals surface area (Å²) in [5, 5.41) is 27.3. The lowest BCUT2D eigenvalue weighted by Gasteiger charge is -2.44. The average molecular weight is 475 g/mol. The number of aliphatic hydroxyl groups is 2. The van der Waals surface area contributed by atoms with Crippen molar-refractivity contribution in [2.45, 2.75) is 82.0 Å². The molecule has 1 saturated heterocycles. The first-order valence-corrected chi connectivity index (χ1v) is 12.1. The first-order chi connectivity index (χ1) is 13.5. The molecule has 1 aromatic rings. The van der Waals surface area contributed by atoms with Crippen molar-refractivity contribution in [2.24, 2.45) is 17.8 Å². The number of aliphatic hydroxyl groups excluding tert-OH is 2. The van der Waals surface area contributed by atoms with E-state index in [1.807, 2.05) is 5.38 Å². The summed E-state index contributed by atoms with van der Waals surface area (Å²) in [4.78, 5) is 4.31. The van der Waals surface area contributed by atoms with Crippen molar-refractivity contribution >= 4 is 32.4 Å². The molecule has 0 spiro atoms. The number of aromatic nitrogens is 1. The minimum atomic E-state index is -0.972. The zero-order chi connectivity index (χ0) is 19.7. The fraction of sp³-hybridized carbons (Fsp3) is 0.850. The molecule has 6 nitrogen and oxygen atoms in total. The Morgan fingerprint density at radius 3 is 2.64 bits per heavy atom. The highest BCUT2D eigenvalue weighted by molar-refractivity contribution is 9.10. The summed E-state index contributed by atoms with van der Waals surface area (Å²) in [6.07, 6.45) is 7.30. The summed E-state index contributed by atoms with van der Waals surface area (Å²) < 4.78 is 12.4. The number of anilines is 1. The van der Waals surface area contributed by atoms with Crippen LogP contribution >= 0.6 is 27.3 Å². The van der Waals surface area contributed by atoms with E-state index in [1.165, 1.54) is 49.9 Å². The largest absolute Gasteiger partial charge is 0.388 e. The molecule has 0 radical (unpaired) electrons. The minimum absolute atomic E-state index is 0.281. The van der Waals surface area contributed by atoms with E-state index in [0.717, 1.165) is 29.3 Å². The van der Waals surface area contributed by atoms with Gasteiger partial charge in [0.15, 0.2) is 11.4 Å². The second-order valence-electron chi connectivity index (χ2n) is 8.64. The van der Waals surface area contributed by atoms with Gasteiger partial charge in [-0.05, 0) is 46.5 Å². The molecule has 2 heterocycles. The molecule has 0 amide bonds. The monoisotopic (exact) mass is 474 g/mol. The standard InChI is InChI=1S/C20H31BrN2O4S/c1-26-19-15(23-20-22-14(21)10-28-20)16(24)17(25)18(27-19)13-8-7-12(9-13)6-5-11-3-2-4-11/h10-13,15-19,24-25H,2-9H2,1H3,(H,22,23)/t12?,13?,15-,16-,17-,18-,19+/m1/s1. The summed E-state index contributed by atoms with van der Waals surface area (Å²) in [6, 6.07) is -0.565. The SMILES string of the molecule is CO[C@H]1O[C@H](C2CCC(CCC3CCC3)C2)[C@H](O)[C@H](O)[C@H]1Nc1nc(Br)cs1. The number of hydrogen-bond donors (Lipinski definition) is 3. The van der Waals surface area contributed by atoms with Gasteiger partial charge in [-0.2, -0.15) is 0 Å². The van der Waals surface area contributed by atoms with Crippen LogP contribution in [0.3, 0.4) is 0 Å². The third kappa shape index (κ3) is 4.57. The van der Waals surface area contributed by atoms with Crippen molar-refractivity contribution in [3.8, 4) is 0 Å². The number of nitrogens with zero attached hydrogens (tertiary/aromatic N) is 1. The van der Waals surface area contributed by atoms with Crippen LogP contribution in [0.15, 0.2) is 9.98 Å². The van der Waals surface area contributed by atoms with Crippen molar-refractivity contribution < 1.29 is 19.7 Å². The van der Waals surface area contributed by atoms with Gasteiger partial charge in [0.1, 0.15) is 22.9 Å². The second-order valence-corrected chi connectivity index (χ2v) is 10.3. The van der Waals surface area contributed by atoms with Gasteiger partial charge in [0, 0.05) is 12.5 Å². The molecular formula is C20H31BrN2O4S. The third-order valence-corrected chi connectivity index (χ3v) is 8.37. The maximum Gasteiger partial charge on any atom is 0.184 e. The minimum Gasteiger partial charge on any atom is -0.388 e. The topological polar surface area (TPSA) is 83.8 Å². The van der Waals surface area contributed by atoms with E-state index in [-0.39, 0.29) is 12.0 Å².